The summed E-state index contributed by atoms with van der Waals surface area (Å²) in [5, 5.41) is 0. The van der Waals surface area contributed by atoms with Crippen molar-refractivity contribution >= 4 is 23.3 Å². The minimum absolute atomic E-state index is 0.937. The van der Waals surface area contributed by atoms with Gasteiger partial charge in [-0.1, -0.05) is 104 Å². The number of aryl methyl sites for hydroxylation is 4. The lowest BCUT2D eigenvalue weighted by Crippen LogP contribution is -1.98. The van der Waals surface area contributed by atoms with Gasteiger partial charge in [0.25, 0.3) is 0 Å². The van der Waals surface area contributed by atoms with Gasteiger partial charge in [0.1, 0.15) is 0 Å². The third-order valence-corrected chi connectivity index (χ3v) is 7.95. The van der Waals surface area contributed by atoms with Crippen LogP contribution in [0.15, 0.2) is 58.5 Å². The van der Waals surface area contributed by atoms with Crippen molar-refractivity contribution in [3.63, 3.8) is 0 Å². The summed E-state index contributed by atoms with van der Waals surface area (Å²) in [6.07, 6.45) is 28.6. The summed E-state index contributed by atoms with van der Waals surface area (Å²) in [7, 11) is 0. The molecular formula is C39H60N2. The Morgan fingerprint density at radius 3 is 1.59 bits per heavy atom. The molecule has 0 saturated carbocycles. The first kappa shape index (κ1) is 34.7. The van der Waals surface area contributed by atoms with Crippen molar-refractivity contribution in [1.82, 2.24) is 0 Å². The molecule has 0 bridgehead atoms. The van der Waals surface area contributed by atoms with E-state index in [0.29, 0.717) is 0 Å². The van der Waals surface area contributed by atoms with Crippen LogP contribution in [0.3, 0.4) is 0 Å². The van der Waals surface area contributed by atoms with Crippen LogP contribution >= 0.6 is 0 Å². The van der Waals surface area contributed by atoms with E-state index in [1.807, 2.05) is 6.21 Å². The van der Waals surface area contributed by atoms with E-state index in [9.17, 15) is 0 Å². The molecule has 0 N–H and O–H groups in total. The van der Waals surface area contributed by atoms with Gasteiger partial charge in [0.05, 0.1) is 23.3 Å². The van der Waals surface area contributed by atoms with E-state index in [1.54, 1.807) is 0 Å². The highest BCUT2D eigenvalue weighted by Gasteiger charge is 2.06. The van der Waals surface area contributed by atoms with E-state index in [1.165, 1.54) is 119 Å². The monoisotopic (exact) mass is 556 g/mol. The van der Waals surface area contributed by atoms with Gasteiger partial charge in [-0.2, -0.15) is 0 Å². The summed E-state index contributed by atoms with van der Waals surface area (Å²) in [5.41, 5.74) is 8.96. The van der Waals surface area contributed by atoms with Crippen molar-refractivity contribution in [2.45, 2.75) is 150 Å². The van der Waals surface area contributed by atoms with Crippen LogP contribution in [0.5, 0.6) is 0 Å². The van der Waals surface area contributed by atoms with Crippen molar-refractivity contribution in [2.75, 3.05) is 0 Å². The van der Waals surface area contributed by atoms with Crippen molar-refractivity contribution in [1.29, 1.82) is 0 Å². The van der Waals surface area contributed by atoms with E-state index in [4.69, 9.17) is 9.98 Å². The number of rotatable bonds is 22. The second-order valence-corrected chi connectivity index (χ2v) is 11.7. The summed E-state index contributed by atoms with van der Waals surface area (Å²) < 4.78 is 0. The molecule has 2 aromatic rings. The highest BCUT2D eigenvalue weighted by atomic mass is 14.8. The van der Waals surface area contributed by atoms with Gasteiger partial charge in [-0.05, 0) is 117 Å². The predicted molar refractivity (Wildman–Crippen MR) is 185 cm³/mol. The fourth-order valence-corrected chi connectivity index (χ4v) is 5.27. The molecule has 0 saturated heterocycles. The average molecular weight is 557 g/mol. The Morgan fingerprint density at radius 1 is 0.537 bits per heavy atom. The highest BCUT2D eigenvalue weighted by Crippen LogP contribution is 2.24. The maximum atomic E-state index is 5.12. The fourth-order valence-electron chi connectivity index (χ4n) is 5.27. The summed E-state index contributed by atoms with van der Waals surface area (Å²) in [4.78, 5) is 10.1. The van der Waals surface area contributed by atoms with Gasteiger partial charge in [0, 0.05) is 0 Å². The molecule has 2 rings (SSSR count). The van der Waals surface area contributed by atoms with E-state index < -0.39 is 0 Å². The van der Waals surface area contributed by atoms with Crippen LogP contribution in [-0.4, -0.2) is 11.9 Å². The molecule has 0 amide bonds. The first-order chi connectivity index (χ1) is 20.1. The van der Waals surface area contributed by atoms with E-state index in [0.717, 1.165) is 36.3 Å². The van der Waals surface area contributed by atoms with E-state index >= 15 is 0 Å². The van der Waals surface area contributed by atoms with Crippen LogP contribution in [0, 0.1) is 0 Å². The Hall–Kier alpha value is -2.48. The summed E-state index contributed by atoms with van der Waals surface area (Å²) in [5.74, 6) is 0. The molecule has 0 unspecified atom stereocenters. The summed E-state index contributed by atoms with van der Waals surface area (Å²) in [6.45, 7) is 11.4. The number of benzene rings is 2. The fraction of sp³-hybridized carbons (Fsp3) is 0.590. The zero-order chi connectivity index (χ0) is 29.5. The molecule has 226 valence electrons. The number of hydrogen-bond donors (Lipinski definition) is 0. The molecule has 2 aromatic carbocycles. The van der Waals surface area contributed by atoms with Crippen LogP contribution in [0.25, 0.3) is 0 Å². The molecule has 41 heavy (non-hydrogen) atoms. The Morgan fingerprint density at radius 2 is 1.02 bits per heavy atom. The van der Waals surface area contributed by atoms with Crippen molar-refractivity contribution in [2.24, 2.45) is 9.98 Å². The largest absolute Gasteiger partial charge is 0.255 e. The predicted octanol–water partition coefficient (Wildman–Crippen LogP) is 12.4. The first-order valence-corrected chi connectivity index (χ1v) is 17.2. The van der Waals surface area contributed by atoms with Crippen LogP contribution in [0.1, 0.15) is 147 Å². The lowest BCUT2D eigenvalue weighted by molar-refractivity contribution is 0.637. The maximum Gasteiger partial charge on any atom is 0.0816 e. The Bertz CT molecular complexity index is 1060. The van der Waals surface area contributed by atoms with Gasteiger partial charge in [-0.25, -0.2) is 4.99 Å². The number of allylic oxidation sites excluding steroid dienone is 2. The zero-order valence-corrected chi connectivity index (χ0v) is 27.3. The smallest absolute Gasteiger partial charge is 0.0816 e. The molecular weight excluding hydrogens is 496 g/mol. The molecule has 0 spiro atoms. The third kappa shape index (κ3) is 14.3. The van der Waals surface area contributed by atoms with E-state index in [2.05, 4.69) is 83.2 Å². The van der Waals surface area contributed by atoms with Gasteiger partial charge >= 0.3 is 0 Å². The van der Waals surface area contributed by atoms with E-state index in [-0.39, 0.29) is 0 Å². The standard InChI is InChI=1S/C39H60N2/c1-6-11-16-17-18-19-20-25-39(41-38-29-27-34(22-13-8-3)36(31-38)24-15-10-5)32-40-37-28-26-33(21-12-7-2)35(30-37)23-14-9-4/h20,25-32H,6-19,21-24H2,1-5H3. The molecule has 2 nitrogen and oxygen atoms in total. The molecule has 0 aromatic heterocycles. The molecule has 0 aliphatic heterocycles. The van der Waals surface area contributed by atoms with Gasteiger partial charge in [0.2, 0.25) is 0 Å². The SMILES string of the molecule is CCCCCCCC=CC(C=Nc1ccc(CCCC)c(CCCC)c1)=Nc1ccc(CCCC)c(CCCC)c1. The topological polar surface area (TPSA) is 24.7 Å². The Kier molecular flexibility index (Phi) is 18.8. The lowest BCUT2D eigenvalue weighted by Gasteiger charge is -2.11. The van der Waals surface area contributed by atoms with Crippen LogP contribution < -0.4 is 0 Å². The minimum atomic E-state index is 0.937. The van der Waals surface area contributed by atoms with Gasteiger partial charge < -0.3 is 0 Å². The molecule has 0 aliphatic rings. The second kappa shape index (κ2) is 22.2. The zero-order valence-electron chi connectivity index (χ0n) is 27.3. The maximum absolute atomic E-state index is 5.12. The Balaban J connectivity index is 2.33. The van der Waals surface area contributed by atoms with Crippen molar-refractivity contribution in [3.05, 3.63) is 70.8 Å². The van der Waals surface area contributed by atoms with Crippen molar-refractivity contribution < 1.29 is 0 Å². The van der Waals surface area contributed by atoms with Crippen LogP contribution in [-0.2, 0) is 25.7 Å². The Labute approximate surface area is 253 Å². The molecule has 0 aliphatic carbocycles. The average Bonchev–Trinajstić information content (AvgIpc) is 2.99. The minimum Gasteiger partial charge on any atom is -0.255 e. The van der Waals surface area contributed by atoms with Crippen molar-refractivity contribution in [3.8, 4) is 0 Å². The lowest BCUT2D eigenvalue weighted by atomic mass is 9.97. The quantitative estimate of drug-likeness (QED) is 0.102. The third-order valence-electron chi connectivity index (χ3n) is 7.95. The molecule has 2 heteroatoms. The van der Waals surface area contributed by atoms with Gasteiger partial charge in [-0.3, -0.25) is 4.99 Å². The first-order valence-electron chi connectivity index (χ1n) is 17.2. The number of nitrogens with zero attached hydrogens (tertiary/aromatic N) is 2. The molecule has 0 heterocycles. The number of hydrogen-bond acceptors (Lipinski definition) is 2. The highest BCUT2D eigenvalue weighted by molar-refractivity contribution is 6.36. The summed E-state index contributed by atoms with van der Waals surface area (Å²) in [6, 6.07) is 13.7. The van der Waals surface area contributed by atoms with Crippen LogP contribution in [0.4, 0.5) is 11.4 Å². The molecule has 0 radical (unpaired) electrons. The second-order valence-electron chi connectivity index (χ2n) is 11.7. The molecule has 0 fully saturated rings. The summed E-state index contributed by atoms with van der Waals surface area (Å²) >= 11 is 0. The number of aliphatic imine (C=N–C) groups is 2. The van der Waals surface area contributed by atoms with Gasteiger partial charge in [0.15, 0.2) is 0 Å². The normalized spacial score (nSPS) is 12.3. The molecule has 0 atom stereocenters. The van der Waals surface area contributed by atoms with Crippen LogP contribution in [0.2, 0.25) is 0 Å². The van der Waals surface area contributed by atoms with Gasteiger partial charge in [-0.15, -0.1) is 0 Å². The number of unbranched alkanes of at least 4 members (excludes halogenated alkanes) is 9.